The Labute approximate surface area is 178 Å². The molecule has 1 fully saturated rings. The fraction of sp³-hybridized carbons (Fsp3) is 0.261. The molecule has 0 unspecified atom stereocenters. The molecule has 2 aromatic carbocycles. The summed E-state index contributed by atoms with van der Waals surface area (Å²) >= 11 is 0. The largest absolute Gasteiger partial charge is 0.497 e. The number of ether oxygens (including phenoxy) is 2. The predicted octanol–water partition coefficient (Wildman–Crippen LogP) is 2.31. The van der Waals surface area contributed by atoms with Crippen LogP contribution in [0.15, 0.2) is 63.8 Å². The van der Waals surface area contributed by atoms with Crippen LogP contribution in [0.4, 0.5) is 5.69 Å². The van der Waals surface area contributed by atoms with Crippen LogP contribution in [0.5, 0.6) is 5.75 Å². The second-order valence-corrected chi connectivity index (χ2v) is 7.11. The van der Waals surface area contributed by atoms with Crippen LogP contribution in [0.1, 0.15) is 10.6 Å². The molecule has 1 saturated heterocycles. The highest BCUT2D eigenvalue weighted by Crippen LogP contribution is 2.20. The average molecular weight is 422 g/mol. The van der Waals surface area contributed by atoms with Gasteiger partial charge in [0.15, 0.2) is 12.0 Å². The molecule has 0 N–H and O–H groups in total. The van der Waals surface area contributed by atoms with E-state index in [-0.39, 0.29) is 17.1 Å². The summed E-state index contributed by atoms with van der Waals surface area (Å²) in [6.45, 7) is 1.98. The van der Waals surface area contributed by atoms with Crippen molar-refractivity contribution in [3.63, 3.8) is 0 Å². The number of nitrogens with zero attached hydrogens (tertiary/aromatic N) is 2. The molecule has 0 radical (unpaired) electrons. The van der Waals surface area contributed by atoms with Crippen LogP contribution >= 0.6 is 0 Å². The molecule has 0 atom stereocenters. The van der Waals surface area contributed by atoms with Crippen molar-refractivity contribution in [3.05, 3.63) is 70.6 Å². The van der Waals surface area contributed by atoms with Crippen molar-refractivity contribution in [2.45, 2.75) is 0 Å². The molecule has 160 valence electrons. The molecule has 0 aliphatic carbocycles. The molecule has 1 aromatic heterocycles. The Balaban J connectivity index is 1.31. The highest BCUT2D eigenvalue weighted by Gasteiger charge is 2.23. The normalized spacial score (nSPS) is 13.8. The van der Waals surface area contributed by atoms with E-state index in [0.717, 1.165) is 17.5 Å². The van der Waals surface area contributed by atoms with Crippen LogP contribution < -0.4 is 15.1 Å². The smallest absolute Gasteiger partial charge is 0.374 e. The summed E-state index contributed by atoms with van der Waals surface area (Å²) in [5.41, 5.74) is 1.02. The van der Waals surface area contributed by atoms with Gasteiger partial charge in [-0.2, -0.15) is 0 Å². The monoisotopic (exact) mass is 422 g/mol. The Hall–Kier alpha value is -3.81. The number of hydrogen-bond acceptors (Lipinski definition) is 7. The number of methoxy groups -OCH3 is 1. The summed E-state index contributed by atoms with van der Waals surface area (Å²) in [5.74, 6) is -0.554. The quantitative estimate of drug-likeness (QED) is 0.583. The third-order valence-electron chi connectivity index (χ3n) is 5.23. The van der Waals surface area contributed by atoms with Crippen LogP contribution in [-0.2, 0) is 9.53 Å². The van der Waals surface area contributed by atoms with Gasteiger partial charge in [0.25, 0.3) is 5.91 Å². The van der Waals surface area contributed by atoms with E-state index in [1.54, 1.807) is 36.3 Å². The Morgan fingerprint density at radius 1 is 1.00 bits per heavy atom. The third-order valence-corrected chi connectivity index (χ3v) is 5.23. The van der Waals surface area contributed by atoms with E-state index in [2.05, 4.69) is 4.90 Å². The zero-order valence-electron chi connectivity index (χ0n) is 17.1. The van der Waals surface area contributed by atoms with Gasteiger partial charge < -0.3 is 23.7 Å². The number of para-hydroxylation sites is 1. The summed E-state index contributed by atoms with van der Waals surface area (Å²) in [4.78, 5) is 40.7. The zero-order chi connectivity index (χ0) is 21.8. The fourth-order valence-electron chi connectivity index (χ4n) is 3.50. The van der Waals surface area contributed by atoms with E-state index in [1.807, 2.05) is 24.3 Å². The molecule has 8 heteroatoms. The van der Waals surface area contributed by atoms with E-state index in [0.29, 0.717) is 37.1 Å². The van der Waals surface area contributed by atoms with E-state index in [1.165, 1.54) is 0 Å². The summed E-state index contributed by atoms with van der Waals surface area (Å²) in [7, 11) is 1.62. The van der Waals surface area contributed by atoms with Gasteiger partial charge in [0, 0.05) is 37.9 Å². The van der Waals surface area contributed by atoms with E-state index in [4.69, 9.17) is 13.9 Å². The van der Waals surface area contributed by atoms with Gasteiger partial charge in [0.05, 0.1) is 12.5 Å². The molecule has 8 nitrogen and oxygen atoms in total. The third kappa shape index (κ3) is 4.53. The number of fused-ring (bicyclic) bond motifs is 1. The van der Waals surface area contributed by atoms with Gasteiger partial charge in [-0.05, 0) is 36.4 Å². The minimum absolute atomic E-state index is 0.221. The predicted molar refractivity (Wildman–Crippen MR) is 115 cm³/mol. The van der Waals surface area contributed by atoms with Gasteiger partial charge >= 0.3 is 5.97 Å². The topological polar surface area (TPSA) is 89.3 Å². The van der Waals surface area contributed by atoms with Crippen LogP contribution in [0, 0.1) is 0 Å². The van der Waals surface area contributed by atoms with Crippen LogP contribution in [-0.4, -0.2) is 56.7 Å². The van der Waals surface area contributed by atoms with Gasteiger partial charge in [-0.25, -0.2) is 4.79 Å². The van der Waals surface area contributed by atoms with E-state index in [9.17, 15) is 14.4 Å². The van der Waals surface area contributed by atoms with Crippen molar-refractivity contribution in [2.75, 3.05) is 44.8 Å². The second kappa shape index (κ2) is 8.91. The van der Waals surface area contributed by atoms with Gasteiger partial charge in [-0.15, -0.1) is 0 Å². The van der Waals surface area contributed by atoms with E-state index >= 15 is 0 Å². The Kier molecular flexibility index (Phi) is 5.88. The number of amides is 1. The molecule has 3 aromatic rings. The molecular formula is C23H22N2O6. The highest BCUT2D eigenvalue weighted by molar-refractivity contribution is 5.90. The van der Waals surface area contributed by atoms with Crippen LogP contribution in [0.3, 0.4) is 0 Å². The first-order chi connectivity index (χ1) is 15.0. The molecule has 1 amide bonds. The molecule has 1 aliphatic rings. The van der Waals surface area contributed by atoms with Crippen molar-refractivity contribution >= 4 is 28.5 Å². The molecule has 1 aliphatic heterocycles. The van der Waals surface area contributed by atoms with Crippen LogP contribution in [0.25, 0.3) is 11.0 Å². The summed E-state index contributed by atoms with van der Waals surface area (Å²) in [6.07, 6.45) is 0. The molecule has 0 saturated carbocycles. The lowest BCUT2D eigenvalue weighted by Gasteiger charge is -2.36. The molecular weight excluding hydrogens is 400 g/mol. The maximum Gasteiger partial charge on any atom is 0.374 e. The van der Waals surface area contributed by atoms with Crippen molar-refractivity contribution in [1.29, 1.82) is 0 Å². The summed E-state index contributed by atoms with van der Waals surface area (Å²) < 4.78 is 15.7. The number of benzene rings is 2. The first kappa shape index (κ1) is 20.5. The second-order valence-electron chi connectivity index (χ2n) is 7.11. The first-order valence-corrected chi connectivity index (χ1v) is 9.92. The van der Waals surface area contributed by atoms with Crippen molar-refractivity contribution in [2.24, 2.45) is 0 Å². The maximum atomic E-state index is 12.5. The Morgan fingerprint density at radius 3 is 2.42 bits per heavy atom. The fourth-order valence-corrected chi connectivity index (χ4v) is 3.50. The van der Waals surface area contributed by atoms with Crippen molar-refractivity contribution < 1.29 is 23.5 Å². The number of esters is 1. The molecule has 31 heavy (non-hydrogen) atoms. The lowest BCUT2D eigenvalue weighted by atomic mass is 10.2. The molecule has 0 spiro atoms. The standard InChI is InChI=1S/C23H22N2O6/c1-29-17-8-6-16(7-9-17)24-10-12-25(13-11-24)22(27)15-30-23(28)21-14-19(26)18-4-2-3-5-20(18)31-21/h2-9,14H,10-13,15H2,1H3. The van der Waals surface area contributed by atoms with Gasteiger partial charge in [0.2, 0.25) is 5.76 Å². The number of anilines is 1. The number of carbonyl (C=O) groups excluding carboxylic acids is 2. The number of carbonyl (C=O) groups is 2. The van der Waals surface area contributed by atoms with Gasteiger partial charge in [-0.1, -0.05) is 12.1 Å². The molecule has 2 heterocycles. The average Bonchev–Trinajstić information content (AvgIpc) is 2.82. The van der Waals surface area contributed by atoms with Gasteiger partial charge in [0.1, 0.15) is 11.3 Å². The molecule has 0 bridgehead atoms. The summed E-state index contributed by atoms with van der Waals surface area (Å²) in [6, 6.07) is 15.5. The minimum Gasteiger partial charge on any atom is -0.497 e. The lowest BCUT2D eigenvalue weighted by Crippen LogP contribution is -2.49. The SMILES string of the molecule is COc1ccc(N2CCN(C(=O)COC(=O)c3cc(=O)c4ccccc4o3)CC2)cc1. The van der Waals surface area contributed by atoms with Crippen molar-refractivity contribution in [1.82, 2.24) is 4.90 Å². The minimum atomic E-state index is -0.840. The Morgan fingerprint density at radius 2 is 1.71 bits per heavy atom. The van der Waals surface area contributed by atoms with Gasteiger partial charge in [-0.3, -0.25) is 9.59 Å². The molecule has 4 rings (SSSR count). The number of hydrogen-bond donors (Lipinski definition) is 0. The van der Waals surface area contributed by atoms with Crippen LogP contribution in [0.2, 0.25) is 0 Å². The highest BCUT2D eigenvalue weighted by atomic mass is 16.5. The van der Waals surface area contributed by atoms with Crippen molar-refractivity contribution in [3.8, 4) is 5.75 Å². The number of rotatable bonds is 5. The Bertz CT molecular complexity index is 1150. The lowest BCUT2D eigenvalue weighted by molar-refractivity contribution is -0.134. The first-order valence-electron chi connectivity index (χ1n) is 9.92. The van der Waals surface area contributed by atoms with E-state index < -0.39 is 12.6 Å². The number of piperazine rings is 1. The maximum absolute atomic E-state index is 12.5. The summed E-state index contributed by atoms with van der Waals surface area (Å²) in [5, 5.41) is 0.379. The zero-order valence-corrected chi connectivity index (χ0v) is 17.1.